The first-order valence-electron chi connectivity index (χ1n) is 3.88. The van der Waals surface area contributed by atoms with Crippen molar-refractivity contribution in [3.05, 3.63) is 12.2 Å². The van der Waals surface area contributed by atoms with Crippen LogP contribution in [0.25, 0.3) is 0 Å². The lowest BCUT2D eigenvalue weighted by molar-refractivity contribution is 0.363. The summed E-state index contributed by atoms with van der Waals surface area (Å²) in [5.41, 5.74) is 1.49. The predicted molar refractivity (Wildman–Crippen MR) is 41.3 cm³/mol. The molecule has 0 aromatic rings. The standard InChI is InChI=1S/C9H16/c1-7(2)6-9-5-4-8(9)3/h7,9H,3-6H2,1-2H3. The molecule has 1 aliphatic carbocycles. The quantitative estimate of drug-likeness (QED) is 0.496. The maximum Gasteiger partial charge on any atom is -0.0200 e. The Bertz CT molecular complexity index is 111. The van der Waals surface area contributed by atoms with Crippen LogP contribution in [0.2, 0.25) is 0 Å². The highest BCUT2D eigenvalue weighted by Crippen LogP contribution is 2.36. The summed E-state index contributed by atoms with van der Waals surface area (Å²) in [5, 5.41) is 0. The van der Waals surface area contributed by atoms with E-state index in [1.807, 2.05) is 0 Å². The van der Waals surface area contributed by atoms with Crippen molar-refractivity contribution in [2.75, 3.05) is 0 Å². The normalized spacial score (nSPS) is 26.6. The third-order valence-corrected chi connectivity index (χ3v) is 2.15. The second-order valence-corrected chi connectivity index (χ2v) is 3.52. The van der Waals surface area contributed by atoms with Gasteiger partial charge in [0.2, 0.25) is 0 Å². The molecule has 0 aliphatic heterocycles. The third kappa shape index (κ3) is 1.57. The first kappa shape index (κ1) is 6.85. The fraction of sp³-hybridized carbons (Fsp3) is 0.778. The van der Waals surface area contributed by atoms with Crippen LogP contribution in [0.3, 0.4) is 0 Å². The van der Waals surface area contributed by atoms with E-state index >= 15 is 0 Å². The van der Waals surface area contributed by atoms with Gasteiger partial charge in [0, 0.05) is 0 Å². The van der Waals surface area contributed by atoms with Crippen LogP contribution in [-0.4, -0.2) is 0 Å². The summed E-state index contributed by atoms with van der Waals surface area (Å²) >= 11 is 0. The van der Waals surface area contributed by atoms with Crippen LogP contribution in [0.4, 0.5) is 0 Å². The number of allylic oxidation sites excluding steroid dienone is 1. The van der Waals surface area contributed by atoms with Gasteiger partial charge in [-0.1, -0.05) is 26.0 Å². The topological polar surface area (TPSA) is 0 Å². The summed E-state index contributed by atoms with van der Waals surface area (Å²) in [6.07, 6.45) is 4.05. The Hall–Kier alpha value is -0.260. The van der Waals surface area contributed by atoms with Crippen LogP contribution in [-0.2, 0) is 0 Å². The minimum absolute atomic E-state index is 0.854. The summed E-state index contributed by atoms with van der Waals surface area (Å²) in [7, 11) is 0. The van der Waals surface area contributed by atoms with Gasteiger partial charge in [-0.25, -0.2) is 0 Å². The van der Waals surface area contributed by atoms with Crippen molar-refractivity contribution in [3.8, 4) is 0 Å². The van der Waals surface area contributed by atoms with Crippen LogP contribution < -0.4 is 0 Å². The fourth-order valence-corrected chi connectivity index (χ4v) is 1.41. The van der Waals surface area contributed by atoms with Crippen molar-refractivity contribution in [3.63, 3.8) is 0 Å². The highest BCUT2D eigenvalue weighted by molar-refractivity contribution is 5.09. The molecule has 0 aromatic heterocycles. The SMILES string of the molecule is C=C1CCC1CC(C)C. The molecule has 1 rings (SSSR count). The zero-order valence-corrected chi connectivity index (χ0v) is 6.48. The molecule has 0 amide bonds. The maximum absolute atomic E-state index is 3.99. The van der Waals surface area contributed by atoms with E-state index in [2.05, 4.69) is 20.4 Å². The average Bonchev–Trinajstić information content (AvgIpc) is 1.79. The number of rotatable bonds is 2. The van der Waals surface area contributed by atoms with Crippen molar-refractivity contribution in [2.24, 2.45) is 11.8 Å². The zero-order chi connectivity index (χ0) is 6.85. The van der Waals surface area contributed by atoms with Gasteiger partial charge in [0.25, 0.3) is 0 Å². The third-order valence-electron chi connectivity index (χ3n) is 2.15. The van der Waals surface area contributed by atoms with Crippen molar-refractivity contribution in [1.29, 1.82) is 0 Å². The Morgan fingerprint density at radius 3 is 2.44 bits per heavy atom. The lowest BCUT2D eigenvalue weighted by atomic mass is 9.76. The molecular weight excluding hydrogens is 108 g/mol. The first-order valence-corrected chi connectivity index (χ1v) is 3.88. The van der Waals surface area contributed by atoms with Gasteiger partial charge in [-0.05, 0) is 31.1 Å². The summed E-state index contributed by atoms with van der Waals surface area (Å²) in [4.78, 5) is 0. The second kappa shape index (κ2) is 2.55. The summed E-state index contributed by atoms with van der Waals surface area (Å²) in [6, 6.07) is 0. The van der Waals surface area contributed by atoms with E-state index in [4.69, 9.17) is 0 Å². The summed E-state index contributed by atoms with van der Waals surface area (Å²) < 4.78 is 0. The second-order valence-electron chi connectivity index (χ2n) is 3.52. The Morgan fingerprint density at radius 1 is 1.67 bits per heavy atom. The van der Waals surface area contributed by atoms with E-state index in [0.717, 1.165) is 11.8 Å². The molecule has 0 bridgehead atoms. The summed E-state index contributed by atoms with van der Waals surface area (Å²) in [6.45, 7) is 8.56. The minimum Gasteiger partial charge on any atom is -0.0996 e. The van der Waals surface area contributed by atoms with Crippen molar-refractivity contribution in [2.45, 2.75) is 33.1 Å². The van der Waals surface area contributed by atoms with E-state index < -0.39 is 0 Å². The van der Waals surface area contributed by atoms with Crippen LogP contribution in [0.5, 0.6) is 0 Å². The Kier molecular flexibility index (Phi) is 1.94. The summed E-state index contributed by atoms with van der Waals surface area (Å²) in [5.74, 6) is 1.73. The van der Waals surface area contributed by atoms with E-state index in [0.29, 0.717) is 0 Å². The molecule has 1 aliphatic rings. The zero-order valence-electron chi connectivity index (χ0n) is 6.48. The van der Waals surface area contributed by atoms with Gasteiger partial charge in [0.15, 0.2) is 0 Å². The van der Waals surface area contributed by atoms with Crippen LogP contribution in [0, 0.1) is 11.8 Å². The predicted octanol–water partition coefficient (Wildman–Crippen LogP) is 3.00. The molecule has 0 radical (unpaired) electrons. The van der Waals surface area contributed by atoms with E-state index in [1.165, 1.54) is 24.8 Å². The number of hydrogen-bond donors (Lipinski definition) is 0. The Morgan fingerprint density at radius 2 is 2.33 bits per heavy atom. The van der Waals surface area contributed by atoms with Crippen molar-refractivity contribution >= 4 is 0 Å². The molecule has 0 nitrogen and oxygen atoms in total. The van der Waals surface area contributed by atoms with Gasteiger partial charge in [-0.2, -0.15) is 0 Å². The lowest BCUT2D eigenvalue weighted by Gasteiger charge is -2.30. The molecule has 52 valence electrons. The molecule has 0 N–H and O–H groups in total. The first-order chi connectivity index (χ1) is 4.20. The molecule has 0 spiro atoms. The molecule has 0 heterocycles. The maximum atomic E-state index is 3.99. The van der Waals surface area contributed by atoms with E-state index in [9.17, 15) is 0 Å². The Labute approximate surface area is 58.0 Å². The largest absolute Gasteiger partial charge is 0.0996 e. The van der Waals surface area contributed by atoms with Crippen LogP contribution in [0.1, 0.15) is 33.1 Å². The lowest BCUT2D eigenvalue weighted by Crippen LogP contribution is -2.16. The average molecular weight is 124 g/mol. The molecule has 9 heavy (non-hydrogen) atoms. The molecule has 1 atom stereocenters. The molecule has 1 saturated carbocycles. The molecule has 0 heteroatoms. The highest BCUT2D eigenvalue weighted by Gasteiger charge is 2.22. The fourth-order valence-electron chi connectivity index (χ4n) is 1.41. The monoisotopic (exact) mass is 124 g/mol. The van der Waals surface area contributed by atoms with E-state index in [-0.39, 0.29) is 0 Å². The molecule has 0 aromatic carbocycles. The van der Waals surface area contributed by atoms with Gasteiger partial charge >= 0.3 is 0 Å². The van der Waals surface area contributed by atoms with Gasteiger partial charge < -0.3 is 0 Å². The molecule has 1 fully saturated rings. The molecule has 1 unspecified atom stereocenters. The number of hydrogen-bond acceptors (Lipinski definition) is 0. The highest BCUT2D eigenvalue weighted by atomic mass is 14.3. The van der Waals surface area contributed by atoms with Gasteiger partial charge in [-0.15, -0.1) is 0 Å². The smallest absolute Gasteiger partial charge is 0.0200 e. The molecular formula is C9H16. The van der Waals surface area contributed by atoms with Crippen molar-refractivity contribution in [1.82, 2.24) is 0 Å². The minimum atomic E-state index is 0.854. The molecule has 0 saturated heterocycles. The Balaban J connectivity index is 2.21. The van der Waals surface area contributed by atoms with E-state index in [1.54, 1.807) is 0 Å². The van der Waals surface area contributed by atoms with Crippen molar-refractivity contribution < 1.29 is 0 Å². The van der Waals surface area contributed by atoms with Gasteiger partial charge in [-0.3, -0.25) is 0 Å². The van der Waals surface area contributed by atoms with Crippen LogP contribution >= 0.6 is 0 Å². The van der Waals surface area contributed by atoms with Gasteiger partial charge in [0.05, 0.1) is 0 Å². The van der Waals surface area contributed by atoms with Crippen LogP contribution in [0.15, 0.2) is 12.2 Å². The van der Waals surface area contributed by atoms with Gasteiger partial charge in [0.1, 0.15) is 0 Å².